The smallest absolute Gasteiger partial charge is 0.876 e. The van der Waals surface area contributed by atoms with Crippen molar-refractivity contribution in [2.45, 2.75) is 54.5 Å². The van der Waals surface area contributed by atoms with Crippen molar-refractivity contribution in [1.82, 2.24) is 0 Å². The number of aryl methyl sites for hydroxylation is 3. The average molecular weight is 561 g/mol. The van der Waals surface area contributed by atoms with Gasteiger partial charge in [0.25, 0.3) is 0 Å². The van der Waals surface area contributed by atoms with Gasteiger partial charge in [-0.05, 0) is 50.8 Å². The third kappa shape index (κ3) is 6.91. The number of ketones is 1. The third-order valence-electron chi connectivity index (χ3n) is 5.94. The van der Waals surface area contributed by atoms with Gasteiger partial charge in [0, 0.05) is 12.2 Å². The summed E-state index contributed by atoms with van der Waals surface area (Å²) in [5, 5.41) is 12.4. The Bertz CT molecular complexity index is 1230. The van der Waals surface area contributed by atoms with Gasteiger partial charge in [0.05, 0.1) is 11.9 Å². The van der Waals surface area contributed by atoms with Crippen molar-refractivity contribution in [2.24, 2.45) is 10.9 Å². The number of allylic oxidation sites excluding steroid dienone is 2. The Hall–Kier alpha value is -2.74. The van der Waals surface area contributed by atoms with E-state index in [9.17, 15) is 9.90 Å². The molecule has 0 aromatic heterocycles. The first-order chi connectivity index (χ1) is 16.1. The minimum Gasteiger partial charge on any atom is -0.876 e. The molecule has 4 nitrogen and oxygen atoms in total. The Morgan fingerprint density at radius 1 is 1.11 bits per heavy atom. The summed E-state index contributed by atoms with van der Waals surface area (Å²) in [6.07, 6.45) is 1.06. The molecule has 3 aromatic carbocycles. The van der Waals surface area contributed by atoms with Gasteiger partial charge in [-0.2, -0.15) is 0 Å². The Balaban J connectivity index is 0.000000476. The largest absolute Gasteiger partial charge is 2.00 e. The number of anilines is 1. The van der Waals surface area contributed by atoms with Gasteiger partial charge in [0.2, 0.25) is 0 Å². The van der Waals surface area contributed by atoms with E-state index in [0.29, 0.717) is 12.0 Å². The van der Waals surface area contributed by atoms with E-state index in [1.165, 1.54) is 47.0 Å². The molecule has 0 unspecified atom stereocenters. The number of fused-ring (bicyclic) bond motifs is 1. The van der Waals surface area contributed by atoms with E-state index < -0.39 is 0 Å². The molecule has 0 bridgehead atoms. The van der Waals surface area contributed by atoms with Crippen LogP contribution >= 0.6 is 0 Å². The van der Waals surface area contributed by atoms with Crippen molar-refractivity contribution in [2.75, 3.05) is 11.4 Å². The van der Waals surface area contributed by atoms with Crippen molar-refractivity contribution in [3.05, 3.63) is 88.7 Å². The van der Waals surface area contributed by atoms with E-state index in [1.54, 1.807) is 0 Å². The van der Waals surface area contributed by atoms with Crippen LogP contribution in [0.2, 0.25) is 0 Å². The minimum atomic E-state index is -0.187. The first-order valence-electron chi connectivity index (χ1n) is 11.8. The molecule has 0 saturated heterocycles. The third-order valence-corrected chi connectivity index (χ3v) is 5.94. The topological polar surface area (TPSA) is 55.7 Å². The van der Waals surface area contributed by atoms with Crippen LogP contribution in [0, 0.1) is 32.8 Å². The standard InChI is InChI=1S/C25H27N2.C5H8O2.Pd/c1-16(2)23-15-27(24-18(4)13-17(3)14-19(24)5)25(26-23)22-12-8-10-20-9-6-7-11-21(20)22;1-4(6)3-5(2)7;/h6-11,13-14,16,23H,15H2,1-5H3;3,6H,1-2H3;/q-1;;+2/p-1/b;4-3-;/t23-;;/m1../s1. The summed E-state index contributed by atoms with van der Waals surface area (Å²) < 4.78 is 0. The maximum Gasteiger partial charge on any atom is 2.00 e. The molecule has 0 saturated carbocycles. The van der Waals surface area contributed by atoms with Crippen LogP contribution in [0.1, 0.15) is 49.9 Å². The van der Waals surface area contributed by atoms with Crippen LogP contribution < -0.4 is 10.0 Å². The van der Waals surface area contributed by atoms with E-state index in [-0.39, 0.29) is 32.0 Å². The van der Waals surface area contributed by atoms with Crippen molar-refractivity contribution in [3.63, 3.8) is 0 Å². The molecule has 3 aromatic rings. The molecule has 1 aliphatic rings. The number of carbonyl (C=O) groups is 1. The molecule has 0 N–H and O–H groups in total. The number of nitrogens with zero attached hydrogens (tertiary/aromatic N) is 2. The van der Waals surface area contributed by atoms with Crippen LogP contribution in [0.4, 0.5) is 5.69 Å². The predicted molar refractivity (Wildman–Crippen MR) is 140 cm³/mol. The quantitative estimate of drug-likeness (QED) is 0.178. The van der Waals surface area contributed by atoms with E-state index in [2.05, 4.69) is 88.0 Å². The Morgan fingerprint density at radius 2 is 1.74 bits per heavy atom. The summed E-state index contributed by atoms with van der Waals surface area (Å²) >= 11 is 0. The summed E-state index contributed by atoms with van der Waals surface area (Å²) in [5.41, 5.74) is 6.33. The summed E-state index contributed by atoms with van der Waals surface area (Å²) in [4.78, 5) is 17.6. The molecule has 186 valence electrons. The second kappa shape index (κ2) is 12.3. The SMILES string of the molecule is CC(=O)/C=C(/C)[O-].Cc1cc(C)c(N2C[C@H](C(C)C)N=C2c2[c-]ccc3ccccc23)c(C)c1.[Pd+2]. The van der Waals surface area contributed by atoms with Crippen LogP contribution in [0.25, 0.3) is 10.8 Å². The number of amidine groups is 1. The monoisotopic (exact) mass is 560 g/mol. The van der Waals surface area contributed by atoms with E-state index in [1.807, 2.05) is 6.07 Å². The summed E-state index contributed by atoms with van der Waals surface area (Å²) in [6, 6.07) is 21.0. The number of aliphatic imine (C=N–C) groups is 1. The van der Waals surface area contributed by atoms with E-state index in [0.717, 1.165) is 24.0 Å². The number of carbonyl (C=O) groups excluding carboxylic acids is 1. The van der Waals surface area contributed by atoms with Gasteiger partial charge in [0.1, 0.15) is 0 Å². The number of benzene rings is 3. The van der Waals surface area contributed by atoms with Gasteiger partial charge in [-0.1, -0.05) is 68.1 Å². The molecular formula is C30H34N2O2Pd. The van der Waals surface area contributed by atoms with Gasteiger partial charge >= 0.3 is 20.4 Å². The molecule has 0 spiro atoms. The second-order valence-electron chi connectivity index (χ2n) is 9.43. The molecule has 1 aliphatic heterocycles. The molecule has 35 heavy (non-hydrogen) atoms. The normalized spacial score (nSPS) is 15.4. The zero-order valence-corrected chi connectivity index (χ0v) is 23.1. The molecule has 4 rings (SSSR count). The van der Waals surface area contributed by atoms with Crippen molar-refractivity contribution in [1.29, 1.82) is 0 Å². The average Bonchev–Trinajstić information content (AvgIpc) is 3.17. The molecule has 5 heteroatoms. The maximum absolute atomic E-state index is 9.98. The van der Waals surface area contributed by atoms with Crippen LogP contribution in [-0.2, 0) is 25.2 Å². The fraction of sp³-hybridized carbons (Fsp3) is 0.333. The summed E-state index contributed by atoms with van der Waals surface area (Å²) in [7, 11) is 0. The zero-order chi connectivity index (χ0) is 25.0. The molecule has 0 amide bonds. The van der Waals surface area contributed by atoms with Crippen LogP contribution in [0.15, 0.2) is 65.4 Å². The van der Waals surface area contributed by atoms with Crippen LogP contribution in [0.5, 0.6) is 0 Å². The Labute approximate surface area is 223 Å². The molecule has 1 heterocycles. The van der Waals surface area contributed by atoms with Gasteiger partial charge < -0.3 is 15.0 Å². The number of hydrogen-bond acceptors (Lipinski definition) is 4. The minimum absolute atomic E-state index is 0. The molecular weight excluding hydrogens is 527 g/mol. The van der Waals surface area contributed by atoms with E-state index in [4.69, 9.17) is 4.99 Å². The predicted octanol–water partition coefficient (Wildman–Crippen LogP) is 5.69. The van der Waals surface area contributed by atoms with Gasteiger partial charge in [-0.25, -0.2) is 0 Å². The van der Waals surface area contributed by atoms with Gasteiger partial charge in [-0.3, -0.25) is 4.79 Å². The fourth-order valence-corrected chi connectivity index (χ4v) is 4.53. The molecule has 0 radical (unpaired) electrons. The Kier molecular flexibility index (Phi) is 10.0. The van der Waals surface area contributed by atoms with Gasteiger partial charge in [0.15, 0.2) is 5.78 Å². The number of rotatable bonds is 4. The van der Waals surface area contributed by atoms with Crippen LogP contribution in [-0.4, -0.2) is 24.2 Å². The Morgan fingerprint density at radius 3 is 2.29 bits per heavy atom. The molecule has 0 aliphatic carbocycles. The van der Waals surface area contributed by atoms with Crippen molar-refractivity contribution < 1.29 is 30.3 Å². The summed E-state index contributed by atoms with van der Waals surface area (Å²) in [5.74, 6) is 1.19. The summed E-state index contributed by atoms with van der Waals surface area (Å²) in [6.45, 7) is 14.7. The fourth-order valence-electron chi connectivity index (χ4n) is 4.53. The zero-order valence-electron chi connectivity index (χ0n) is 21.6. The maximum atomic E-state index is 9.98. The first kappa shape index (κ1) is 28.5. The van der Waals surface area contributed by atoms with Crippen molar-refractivity contribution in [3.8, 4) is 0 Å². The second-order valence-corrected chi connectivity index (χ2v) is 9.43. The van der Waals surface area contributed by atoms with E-state index >= 15 is 0 Å². The van der Waals surface area contributed by atoms with Gasteiger partial charge in [-0.15, -0.1) is 34.9 Å². The first-order valence-corrected chi connectivity index (χ1v) is 11.8. The van der Waals surface area contributed by atoms with Crippen molar-refractivity contribution >= 4 is 28.1 Å². The molecule has 1 atom stereocenters. The molecule has 0 fully saturated rings. The van der Waals surface area contributed by atoms with Crippen LogP contribution in [0.3, 0.4) is 0 Å². The number of hydrogen-bond donors (Lipinski definition) is 0.